The molecule has 1 aromatic heterocycles. The third-order valence-corrected chi connectivity index (χ3v) is 4.57. The lowest BCUT2D eigenvalue weighted by Crippen LogP contribution is -2.25. The molecule has 0 saturated heterocycles. The third kappa shape index (κ3) is 2.54. The molecule has 2 N–H and O–H groups in total. The average Bonchev–Trinajstić information content (AvgIpc) is 3.05. The van der Waals surface area contributed by atoms with Crippen LogP contribution in [0.4, 0.5) is 11.4 Å². The summed E-state index contributed by atoms with van der Waals surface area (Å²) in [5.41, 5.74) is 9.24. The molecule has 0 amide bonds. The summed E-state index contributed by atoms with van der Waals surface area (Å²) in [4.78, 5) is 2.48. The Hall–Kier alpha value is -1.00. The van der Waals surface area contributed by atoms with E-state index in [1.54, 1.807) is 11.3 Å². The summed E-state index contributed by atoms with van der Waals surface area (Å²) >= 11 is 5.39. The molecule has 0 atom stereocenters. The zero-order chi connectivity index (χ0) is 12.5. The van der Waals surface area contributed by atoms with Crippen molar-refractivity contribution < 1.29 is 0 Å². The summed E-state index contributed by atoms with van der Waals surface area (Å²) < 4.78 is 1.09. The van der Waals surface area contributed by atoms with Crippen molar-refractivity contribution in [3.8, 4) is 0 Å². The number of rotatable bonds is 4. The van der Waals surface area contributed by atoms with Gasteiger partial charge >= 0.3 is 0 Å². The van der Waals surface area contributed by atoms with Gasteiger partial charge in [0.1, 0.15) is 0 Å². The van der Waals surface area contributed by atoms with Crippen LogP contribution in [0.1, 0.15) is 18.4 Å². The van der Waals surface area contributed by atoms with Gasteiger partial charge in [0, 0.05) is 22.7 Å². The number of anilines is 2. The number of benzene rings is 1. The summed E-state index contributed by atoms with van der Waals surface area (Å²) in [6.07, 6.45) is 2.59. The molecule has 1 fully saturated rings. The summed E-state index contributed by atoms with van der Waals surface area (Å²) in [7, 11) is 0. The van der Waals surface area contributed by atoms with Crippen LogP contribution in [0.2, 0.25) is 0 Å². The van der Waals surface area contributed by atoms with Gasteiger partial charge in [-0.25, -0.2) is 0 Å². The maximum absolute atomic E-state index is 5.81. The van der Waals surface area contributed by atoms with E-state index < -0.39 is 0 Å². The molecule has 4 heteroatoms. The minimum Gasteiger partial charge on any atom is -0.399 e. The van der Waals surface area contributed by atoms with Crippen molar-refractivity contribution in [3.63, 3.8) is 0 Å². The zero-order valence-corrected chi connectivity index (χ0v) is 12.4. The first-order valence-electron chi connectivity index (χ1n) is 6.07. The number of thiophene rings is 1. The van der Waals surface area contributed by atoms with E-state index in [9.17, 15) is 0 Å². The Morgan fingerprint density at radius 1 is 1.33 bits per heavy atom. The zero-order valence-electron chi connectivity index (χ0n) is 9.97. The Bertz CT molecular complexity index is 535. The predicted molar refractivity (Wildman–Crippen MR) is 82.1 cm³/mol. The third-order valence-electron chi connectivity index (χ3n) is 3.20. The highest BCUT2D eigenvalue weighted by Gasteiger charge is 2.30. The number of nitrogen functional groups attached to an aromatic ring is 1. The fourth-order valence-electron chi connectivity index (χ4n) is 2.13. The molecule has 2 nitrogen and oxygen atoms in total. The molecule has 3 rings (SSSR count). The van der Waals surface area contributed by atoms with E-state index in [1.165, 1.54) is 24.1 Å². The van der Waals surface area contributed by atoms with Gasteiger partial charge in [0.15, 0.2) is 0 Å². The molecule has 0 unspecified atom stereocenters. The molecular formula is C14H15BrN2S. The van der Waals surface area contributed by atoms with Gasteiger partial charge < -0.3 is 10.6 Å². The molecular weight excluding hydrogens is 308 g/mol. The van der Waals surface area contributed by atoms with Crippen LogP contribution in [0.3, 0.4) is 0 Å². The number of hydrogen-bond donors (Lipinski definition) is 1. The molecule has 0 bridgehead atoms. The van der Waals surface area contributed by atoms with Crippen molar-refractivity contribution in [2.75, 3.05) is 10.6 Å². The van der Waals surface area contributed by atoms with Crippen LogP contribution in [0.5, 0.6) is 0 Å². The second-order valence-electron chi connectivity index (χ2n) is 4.70. The molecule has 2 aromatic rings. The first-order valence-corrected chi connectivity index (χ1v) is 7.80. The second kappa shape index (κ2) is 4.94. The second-order valence-corrected chi connectivity index (χ2v) is 6.34. The van der Waals surface area contributed by atoms with Crippen molar-refractivity contribution in [1.29, 1.82) is 0 Å². The maximum Gasteiger partial charge on any atom is 0.0517 e. The monoisotopic (exact) mass is 322 g/mol. The van der Waals surface area contributed by atoms with Crippen LogP contribution < -0.4 is 10.6 Å². The molecule has 1 aliphatic carbocycles. The number of nitrogens with zero attached hydrogens (tertiary/aromatic N) is 1. The molecule has 0 radical (unpaired) electrons. The highest BCUT2D eigenvalue weighted by atomic mass is 79.9. The Morgan fingerprint density at radius 3 is 2.78 bits per heavy atom. The molecule has 1 heterocycles. The van der Waals surface area contributed by atoms with E-state index in [0.29, 0.717) is 6.04 Å². The Morgan fingerprint density at radius 2 is 2.17 bits per heavy atom. The SMILES string of the molecule is Nc1ccc(N(Cc2ccsc2)C2CC2)c(Br)c1. The number of nitrogens with two attached hydrogens (primary N) is 1. The summed E-state index contributed by atoms with van der Waals surface area (Å²) in [6, 6.07) is 8.96. The maximum atomic E-state index is 5.81. The Kier molecular flexibility index (Phi) is 3.31. The van der Waals surface area contributed by atoms with Crippen molar-refractivity contribution >= 4 is 38.6 Å². The fraction of sp³-hybridized carbons (Fsp3) is 0.286. The van der Waals surface area contributed by atoms with Gasteiger partial charge in [-0.1, -0.05) is 0 Å². The van der Waals surface area contributed by atoms with Crippen molar-refractivity contribution in [3.05, 3.63) is 45.1 Å². The van der Waals surface area contributed by atoms with Crippen LogP contribution in [0.15, 0.2) is 39.5 Å². The van der Waals surface area contributed by atoms with Crippen LogP contribution >= 0.6 is 27.3 Å². The smallest absolute Gasteiger partial charge is 0.0517 e. The minimum absolute atomic E-state index is 0.685. The van der Waals surface area contributed by atoms with Gasteiger partial charge in [-0.3, -0.25) is 0 Å². The van der Waals surface area contributed by atoms with Gasteiger partial charge in [-0.2, -0.15) is 11.3 Å². The van der Waals surface area contributed by atoms with E-state index in [4.69, 9.17) is 5.73 Å². The van der Waals surface area contributed by atoms with E-state index in [0.717, 1.165) is 16.7 Å². The van der Waals surface area contributed by atoms with Gasteiger partial charge in [-0.15, -0.1) is 0 Å². The molecule has 1 saturated carbocycles. The summed E-state index contributed by atoms with van der Waals surface area (Å²) in [6.45, 7) is 0.983. The first kappa shape index (κ1) is 12.1. The lowest BCUT2D eigenvalue weighted by Gasteiger charge is -2.25. The van der Waals surface area contributed by atoms with Gasteiger partial charge in [0.05, 0.1) is 5.69 Å². The molecule has 1 aromatic carbocycles. The molecule has 1 aliphatic rings. The lowest BCUT2D eigenvalue weighted by molar-refractivity contribution is 0.794. The highest BCUT2D eigenvalue weighted by Crippen LogP contribution is 2.37. The minimum atomic E-state index is 0.685. The molecule has 18 heavy (non-hydrogen) atoms. The van der Waals surface area contributed by atoms with Crippen LogP contribution in [-0.4, -0.2) is 6.04 Å². The largest absolute Gasteiger partial charge is 0.399 e. The van der Waals surface area contributed by atoms with E-state index in [-0.39, 0.29) is 0 Å². The van der Waals surface area contributed by atoms with Crippen LogP contribution in [0.25, 0.3) is 0 Å². The van der Waals surface area contributed by atoms with E-state index >= 15 is 0 Å². The van der Waals surface area contributed by atoms with Crippen LogP contribution in [0, 0.1) is 0 Å². The average molecular weight is 323 g/mol. The summed E-state index contributed by atoms with van der Waals surface area (Å²) in [5, 5.41) is 4.36. The lowest BCUT2D eigenvalue weighted by atomic mass is 10.2. The number of halogens is 1. The normalized spacial score (nSPS) is 14.7. The van der Waals surface area contributed by atoms with Crippen molar-refractivity contribution in [2.24, 2.45) is 0 Å². The number of hydrogen-bond acceptors (Lipinski definition) is 3. The van der Waals surface area contributed by atoms with Crippen molar-refractivity contribution in [2.45, 2.75) is 25.4 Å². The van der Waals surface area contributed by atoms with Crippen LogP contribution in [-0.2, 0) is 6.54 Å². The molecule has 0 aliphatic heterocycles. The van der Waals surface area contributed by atoms with Gasteiger partial charge in [-0.05, 0) is 69.4 Å². The Labute approximate surface area is 120 Å². The van der Waals surface area contributed by atoms with Crippen molar-refractivity contribution in [1.82, 2.24) is 0 Å². The fourth-order valence-corrected chi connectivity index (χ4v) is 3.42. The topological polar surface area (TPSA) is 29.3 Å². The van der Waals surface area contributed by atoms with Gasteiger partial charge in [0.2, 0.25) is 0 Å². The highest BCUT2D eigenvalue weighted by molar-refractivity contribution is 9.10. The molecule has 94 valence electrons. The standard InChI is InChI=1S/C14H15BrN2S/c15-13-7-11(16)1-4-14(13)17(12-2-3-12)8-10-5-6-18-9-10/h1,4-7,9,12H,2-3,8,16H2. The predicted octanol–water partition coefficient (Wildman–Crippen LogP) is 4.26. The molecule has 0 spiro atoms. The van der Waals surface area contributed by atoms with E-state index in [2.05, 4.69) is 43.7 Å². The quantitative estimate of drug-likeness (QED) is 0.852. The first-order chi connectivity index (χ1) is 8.74. The van der Waals surface area contributed by atoms with Gasteiger partial charge in [0.25, 0.3) is 0 Å². The Balaban J connectivity index is 1.89. The van der Waals surface area contributed by atoms with E-state index in [1.807, 2.05) is 12.1 Å². The summed E-state index contributed by atoms with van der Waals surface area (Å²) in [5.74, 6) is 0.